The number of alkyl halides is 3. The third-order valence-electron chi connectivity index (χ3n) is 4.96. The van der Waals surface area contributed by atoms with Crippen molar-refractivity contribution < 1.29 is 35.9 Å². The van der Waals surface area contributed by atoms with Gasteiger partial charge in [0.05, 0.1) is 45.4 Å². The fraction of sp³-hybridized carbons (Fsp3) is 0.0952. The normalized spacial score (nSPS) is 12.0. The molecule has 0 unspecified atom stereocenters. The number of methoxy groups -OCH3 is 1. The number of benzene rings is 1. The van der Waals surface area contributed by atoms with E-state index in [0.717, 1.165) is 18.3 Å². The van der Waals surface area contributed by atoms with Crippen molar-refractivity contribution in [2.75, 3.05) is 11.8 Å². The van der Waals surface area contributed by atoms with Gasteiger partial charge in [0.15, 0.2) is 5.75 Å². The molecule has 0 aliphatic carbocycles. The summed E-state index contributed by atoms with van der Waals surface area (Å²) >= 11 is 5.58. The van der Waals surface area contributed by atoms with E-state index < -0.39 is 37.5 Å². The second kappa shape index (κ2) is 8.74. The summed E-state index contributed by atoms with van der Waals surface area (Å²) in [7, 11) is -3.36. The Kier molecular flexibility index (Phi) is 6.07. The van der Waals surface area contributed by atoms with Gasteiger partial charge in [-0.3, -0.25) is 14.5 Å². The lowest BCUT2D eigenvalue weighted by atomic mass is 10.0. The van der Waals surface area contributed by atoms with Crippen molar-refractivity contribution in [3.63, 3.8) is 0 Å². The first-order valence-electron chi connectivity index (χ1n) is 9.60. The highest BCUT2D eigenvalue weighted by Crippen LogP contribution is 2.36. The maximum Gasteiger partial charge on any atom is 0.417 e. The number of nitrogens with zero attached hydrogens (tertiary/aromatic N) is 2. The molecular formula is C21H14ClF3N4O5S. The molecule has 2 N–H and O–H groups in total. The van der Waals surface area contributed by atoms with Crippen LogP contribution < -0.4 is 14.2 Å². The predicted molar refractivity (Wildman–Crippen MR) is 119 cm³/mol. The van der Waals surface area contributed by atoms with Crippen molar-refractivity contribution in [3.05, 3.63) is 82.0 Å². The molecule has 35 heavy (non-hydrogen) atoms. The number of sulfonamides is 1. The fourth-order valence-electron chi connectivity index (χ4n) is 3.38. The zero-order valence-electron chi connectivity index (χ0n) is 17.6. The van der Waals surface area contributed by atoms with E-state index in [4.69, 9.17) is 16.3 Å². The first kappa shape index (κ1) is 24.3. The van der Waals surface area contributed by atoms with Gasteiger partial charge < -0.3 is 9.94 Å². The van der Waals surface area contributed by atoms with Gasteiger partial charge in [0.2, 0.25) is 5.78 Å². The molecule has 0 saturated heterocycles. The number of nitrogens with one attached hydrogen (secondary N) is 2. The third-order valence-corrected chi connectivity index (χ3v) is 6.66. The average Bonchev–Trinajstić information content (AvgIpc) is 3.28. The van der Waals surface area contributed by atoms with Crippen molar-refractivity contribution >= 4 is 44.1 Å². The molecule has 0 bridgehead atoms. The highest BCUT2D eigenvalue weighted by molar-refractivity contribution is 7.92. The van der Waals surface area contributed by atoms with Gasteiger partial charge in [0.1, 0.15) is 11.9 Å². The van der Waals surface area contributed by atoms with Crippen LogP contribution in [0, 0.1) is 5.21 Å². The van der Waals surface area contributed by atoms with Crippen molar-refractivity contribution in [1.82, 2.24) is 9.97 Å². The van der Waals surface area contributed by atoms with Gasteiger partial charge in [-0.25, -0.2) is 18.1 Å². The minimum absolute atomic E-state index is 0.0491. The van der Waals surface area contributed by atoms with Gasteiger partial charge in [0, 0.05) is 6.20 Å². The molecule has 0 spiro atoms. The van der Waals surface area contributed by atoms with Crippen LogP contribution in [0.3, 0.4) is 0 Å². The van der Waals surface area contributed by atoms with Gasteiger partial charge in [-0.15, -0.1) is 0 Å². The molecule has 9 nitrogen and oxygen atoms in total. The molecule has 4 aromatic rings. The number of hydrogen-bond donors (Lipinski definition) is 2. The van der Waals surface area contributed by atoms with E-state index in [9.17, 15) is 31.6 Å². The molecular weight excluding hydrogens is 513 g/mol. The number of pyridine rings is 2. The molecule has 182 valence electrons. The molecule has 0 saturated carbocycles. The monoisotopic (exact) mass is 526 g/mol. The van der Waals surface area contributed by atoms with Gasteiger partial charge >= 0.3 is 6.18 Å². The van der Waals surface area contributed by atoms with Crippen LogP contribution in [0.15, 0.2) is 59.9 Å². The van der Waals surface area contributed by atoms with E-state index in [1.54, 1.807) is 0 Å². The number of fused-ring (bicyclic) bond motifs is 1. The maximum absolute atomic E-state index is 13.5. The minimum Gasteiger partial charge on any atom is -0.710 e. The van der Waals surface area contributed by atoms with Crippen LogP contribution in [0.2, 0.25) is 5.02 Å². The summed E-state index contributed by atoms with van der Waals surface area (Å²) in [6, 6.07) is 6.10. The van der Waals surface area contributed by atoms with Crippen LogP contribution in [0.25, 0.3) is 11.0 Å². The smallest absolute Gasteiger partial charge is 0.417 e. The van der Waals surface area contributed by atoms with Crippen molar-refractivity contribution in [3.8, 4) is 5.75 Å². The molecule has 4 rings (SSSR count). The van der Waals surface area contributed by atoms with E-state index in [2.05, 4.69) is 14.7 Å². The Labute approximate surface area is 200 Å². The number of anilines is 1. The number of halogens is 4. The van der Waals surface area contributed by atoms with Crippen LogP contribution in [0.1, 0.15) is 21.6 Å². The number of aromatic amines is 1. The van der Waals surface area contributed by atoms with Crippen LogP contribution in [0.5, 0.6) is 5.75 Å². The molecule has 0 amide bonds. The predicted octanol–water partition coefficient (Wildman–Crippen LogP) is 3.91. The largest absolute Gasteiger partial charge is 0.710 e. The number of rotatable bonds is 6. The van der Waals surface area contributed by atoms with Gasteiger partial charge in [-0.1, -0.05) is 11.6 Å². The minimum atomic E-state index is -4.89. The quantitative estimate of drug-likeness (QED) is 0.223. The molecule has 0 fully saturated rings. The van der Waals surface area contributed by atoms with Crippen LogP contribution in [0.4, 0.5) is 18.9 Å². The number of H-pyrrole nitrogens is 1. The Hall–Kier alpha value is -3.84. The molecule has 3 aromatic heterocycles. The molecule has 0 atom stereocenters. The number of hydrogen-bond acceptors (Lipinski definition) is 6. The number of carbonyl (C=O) groups is 1. The maximum atomic E-state index is 13.5. The molecule has 3 heterocycles. The SMILES string of the molecule is COc1c[n+]([O-])c2[nH]ccc2c1C(=O)c1ncccc1NS(=O)(=O)c1ccc(Cl)c(C(F)(F)F)c1. The summed E-state index contributed by atoms with van der Waals surface area (Å²) in [5.41, 5.74) is -2.02. The van der Waals surface area contributed by atoms with Crippen molar-refractivity contribution in [2.45, 2.75) is 11.1 Å². The Bertz CT molecular complexity index is 1570. The Morgan fingerprint density at radius 3 is 2.69 bits per heavy atom. The lowest BCUT2D eigenvalue weighted by Gasteiger charge is -2.15. The second-order valence-electron chi connectivity index (χ2n) is 7.11. The zero-order valence-corrected chi connectivity index (χ0v) is 19.1. The van der Waals surface area contributed by atoms with E-state index in [-0.39, 0.29) is 33.7 Å². The molecule has 0 aliphatic heterocycles. The molecule has 1 aromatic carbocycles. The highest BCUT2D eigenvalue weighted by Gasteiger charge is 2.35. The summed E-state index contributed by atoms with van der Waals surface area (Å²) in [4.78, 5) is 19.4. The fourth-order valence-corrected chi connectivity index (χ4v) is 4.70. The number of aromatic nitrogens is 3. The number of ether oxygens (including phenoxy) is 1. The summed E-state index contributed by atoms with van der Waals surface area (Å²) in [5.74, 6) is -0.887. The van der Waals surface area contributed by atoms with Crippen molar-refractivity contribution in [1.29, 1.82) is 0 Å². The Balaban J connectivity index is 1.79. The van der Waals surface area contributed by atoms with E-state index >= 15 is 0 Å². The van der Waals surface area contributed by atoms with Crippen LogP contribution in [-0.4, -0.2) is 31.3 Å². The van der Waals surface area contributed by atoms with Crippen LogP contribution >= 0.6 is 11.6 Å². The van der Waals surface area contributed by atoms with Gasteiger partial charge in [-0.05, 0) is 36.4 Å². The number of carbonyl (C=O) groups excluding carboxylic acids is 1. The van der Waals surface area contributed by atoms with Crippen molar-refractivity contribution in [2.24, 2.45) is 0 Å². The highest BCUT2D eigenvalue weighted by atomic mass is 35.5. The van der Waals surface area contributed by atoms with Crippen LogP contribution in [-0.2, 0) is 16.2 Å². The van der Waals surface area contributed by atoms with E-state index in [1.165, 1.54) is 37.7 Å². The topological polar surface area (TPSA) is 128 Å². The third kappa shape index (κ3) is 4.47. The first-order valence-corrected chi connectivity index (χ1v) is 11.5. The molecule has 0 aliphatic rings. The van der Waals surface area contributed by atoms with E-state index in [1.807, 2.05) is 0 Å². The lowest BCUT2D eigenvalue weighted by molar-refractivity contribution is -0.579. The van der Waals surface area contributed by atoms with Gasteiger partial charge in [0.25, 0.3) is 15.7 Å². The summed E-state index contributed by atoms with van der Waals surface area (Å²) in [6.45, 7) is 0. The zero-order chi connectivity index (χ0) is 25.5. The standard InChI is InChI=1S/C21H14ClF3N4O5S/c1-34-16-10-29(31)20-12(6-8-27-20)17(16)19(30)18-15(3-2-7-26-18)28-35(32,33)11-4-5-14(22)13(9-11)21(23,24)25/h2-10,27-28H,1H3. The summed E-state index contributed by atoms with van der Waals surface area (Å²) < 4.78 is 73.2. The molecule has 0 radical (unpaired) electrons. The average molecular weight is 527 g/mol. The first-order chi connectivity index (χ1) is 16.4. The summed E-state index contributed by atoms with van der Waals surface area (Å²) in [6.07, 6.45) is -1.21. The van der Waals surface area contributed by atoms with Gasteiger partial charge in [-0.2, -0.15) is 13.2 Å². The number of ketones is 1. The Morgan fingerprint density at radius 2 is 2.00 bits per heavy atom. The Morgan fingerprint density at radius 1 is 1.26 bits per heavy atom. The summed E-state index contributed by atoms with van der Waals surface area (Å²) in [5, 5.41) is 11.7. The lowest BCUT2D eigenvalue weighted by Crippen LogP contribution is -2.28. The second-order valence-corrected chi connectivity index (χ2v) is 9.20. The molecule has 14 heteroatoms. The van der Waals surface area contributed by atoms with E-state index in [0.29, 0.717) is 10.8 Å².